The molecule has 1 saturated heterocycles. The van der Waals surface area contributed by atoms with Gasteiger partial charge in [0, 0.05) is 31.6 Å². The number of fused-ring (bicyclic) bond motifs is 1. The van der Waals surface area contributed by atoms with Gasteiger partial charge in [-0.15, -0.1) is 0 Å². The quantitative estimate of drug-likeness (QED) is 0.914. The second kappa shape index (κ2) is 5.96. The molecule has 1 N–H and O–H groups in total. The van der Waals surface area contributed by atoms with Gasteiger partial charge in [0.15, 0.2) is 0 Å². The Morgan fingerprint density at radius 1 is 1.30 bits per heavy atom. The maximum Gasteiger partial charge on any atom is 0.222 e. The Balaban J connectivity index is 1.62. The van der Waals surface area contributed by atoms with Crippen molar-refractivity contribution < 1.29 is 4.79 Å². The molecule has 1 heterocycles. The molecular formula is C17H24N2O. The zero-order valence-corrected chi connectivity index (χ0v) is 12.3. The molecule has 1 amide bonds. The molecule has 1 aromatic rings. The summed E-state index contributed by atoms with van der Waals surface area (Å²) in [5.74, 6) is 0.322. The third-order valence-corrected chi connectivity index (χ3v) is 4.52. The highest BCUT2D eigenvalue weighted by Gasteiger charge is 2.25. The lowest BCUT2D eigenvalue weighted by Crippen LogP contribution is -2.42. The van der Waals surface area contributed by atoms with Gasteiger partial charge < -0.3 is 10.2 Å². The van der Waals surface area contributed by atoms with E-state index in [9.17, 15) is 4.79 Å². The molecule has 3 heteroatoms. The van der Waals surface area contributed by atoms with Gasteiger partial charge in [-0.1, -0.05) is 24.3 Å². The SMILES string of the molecule is CC(CN1CCCC1=O)NC1CCCc2ccccc21. The van der Waals surface area contributed by atoms with E-state index in [0.717, 1.165) is 25.9 Å². The Morgan fingerprint density at radius 2 is 2.15 bits per heavy atom. The number of nitrogens with zero attached hydrogens (tertiary/aromatic N) is 1. The number of benzene rings is 1. The third-order valence-electron chi connectivity index (χ3n) is 4.52. The third kappa shape index (κ3) is 2.88. The van der Waals surface area contributed by atoms with Gasteiger partial charge in [0.1, 0.15) is 0 Å². The van der Waals surface area contributed by atoms with Crippen LogP contribution in [-0.2, 0) is 11.2 Å². The number of rotatable bonds is 4. The number of hydrogen-bond acceptors (Lipinski definition) is 2. The molecular weight excluding hydrogens is 248 g/mol. The molecule has 0 radical (unpaired) electrons. The van der Waals surface area contributed by atoms with E-state index in [0.29, 0.717) is 18.0 Å². The van der Waals surface area contributed by atoms with Crippen LogP contribution in [0.4, 0.5) is 0 Å². The van der Waals surface area contributed by atoms with Crippen LogP contribution in [0.3, 0.4) is 0 Å². The lowest BCUT2D eigenvalue weighted by Gasteiger charge is -2.31. The first-order valence-corrected chi connectivity index (χ1v) is 7.85. The second-order valence-corrected chi connectivity index (χ2v) is 6.15. The van der Waals surface area contributed by atoms with Crippen LogP contribution in [-0.4, -0.2) is 29.9 Å². The van der Waals surface area contributed by atoms with E-state index in [1.54, 1.807) is 0 Å². The molecule has 1 aliphatic heterocycles. The van der Waals surface area contributed by atoms with Crippen LogP contribution in [0.15, 0.2) is 24.3 Å². The number of carbonyl (C=O) groups excluding carboxylic acids is 1. The van der Waals surface area contributed by atoms with Crippen LogP contribution in [0.2, 0.25) is 0 Å². The van der Waals surface area contributed by atoms with Crippen molar-refractivity contribution in [2.24, 2.45) is 0 Å². The molecule has 1 fully saturated rings. The zero-order valence-electron chi connectivity index (χ0n) is 12.3. The molecule has 108 valence electrons. The number of likely N-dealkylation sites (tertiary alicyclic amines) is 1. The normalized spacial score (nSPS) is 23.8. The first-order valence-electron chi connectivity index (χ1n) is 7.85. The van der Waals surface area contributed by atoms with Crippen molar-refractivity contribution in [3.05, 3.63) is 35.4 Å². The second-order valence-electron chi connectivity index (χ2n) is 6.15. The van der Waals surface area contributed by atoms with Crippen molar-refractivity contribution in [2.45, 2.75) is 51.1 Å². The minimum atomic E-state index is 0.322. The summed E-state index contributed by atoms with van der Waals surface area (Å²) in [5.41, 5.74) is 2.94. The van der Waals surface area contributed by atoms with E-state index in [2.05, 4.69) is 36.5 Å². The molecule has 1 aromatic carbocycles. The van der Waals surface area contributed by atoms with Crippen molar-refractivity contribution in [1.29, 1.82) is 0 Å². The first kappa shape index (κ1) is 13.6. The molecule has 20 heavy (non-hydrogen) atoms. The topological polar surface area (TPSA) is 32.3 Å². The first-order chi connectivity index (χ1) is 9.74. The van der Waals surface area contributed by atoms with Gasteiger partial charge >= 0.3 is 0 Å². The van der Waals surface area contributed by atoms with Crippen molar-refractivity contribution in [1.82, 2.24) is 10.2 Å². The van der Waals surface area contributed by atoms with Crippen molar-refractivity contribution >= 4 is 5.91 Å². The fourth-order valence-corrected chi connectivity index (χ4v) is 3.55. The molecule has 2 unspecified atom stereocenters. The fraction of sp³-hybridized carbons (Fsp3) is 0.588. The van der Waals surface area contributed by atoms with Gasteiger partial charge in [-0.05, 0) is 43.7 Å². The van der Waals surface area contributed by atoms with E-state index in [1.807, 2.05) is 4.90 Å². The van der Waals surface area contributed by atoms with Crippen molar-refractivity contribution in [3.8, 4) is 0 Å². The molecule has 0 aromatic heterocycles. The van der Waals surface area contributed by atoms with Gasteiger partial charge in [0.2, 0.25) is 5.91 Å². The Hall–Kier alpha value is -1.35. The fourth-order valence-electron chi connectivity index (χ4n) is 3.55. The molecule has 1 aliphatic carbocycles. The highest BCUT2D eigenvalue weighted by molar-refractivity contribution is 5.78. The van der Waals surface area contributed by atoms with Gasteiger partial charge in [-0.2, -0.15) is 0 Å². The summed E-state index contributed by atoms with van der Waals surface area (Å²) >= 11 is 0. The summed E-state index contributed by atoms with van der Waals surface area (Å²) in [6.45, 7) is 3.98. The van der Waals surface area contributed by atoms with Gasteiger partial charge in [0.25, 0.3) is 0 Å². The highest BCUT2D eigenvalue weighted by atomic mass is 16.2. The molecule has 2 aliphatic rings. The Morgan fingerprint density at radius 3 is 2.95 bits per heavy atom. The smallest absolute Gasteiger partial charge is 0.222 e. The van der Waals surface area contributed by atoms with Crippen LogP contribution >= 0.6 is 0 Å². The summed E-state index contributed by atoms with van der Waals surface area (Å²) in [6.07, 6.45) is 5.42. The van der Waals surface area contributed by atoms with E-state index in [4.69, 9.17) is 0 Å². The number of amides is 1. The summed E-state index contributed by atoms with van der Waals surface area (Å²) in [5, 5.41) is 3.73. The molecule has 0 spiro atoms. The Labute approximate surface area is 121 Å². The molecule has 0 bridgehead atoms. The predicted octanol–water partition coefficient (Wildman–Crippen LogP) is 2.66. The van der Waals surface area contributed by atoms with Crippen molar-refractivity contribution in [3.63, 3.8) is 0 Å². The van der Waals surface area contributed by atoms with E-state index in [-0.39, 0.29) is 0 Å². The largest absolute Gasteiger partial charge is 0.341 e. The zero-order chi connectivity index (χ0) is 13.9. The molecule has 0 saturated carbocycles. The standard InChI is InChI=1S/C17H24N2O/c1-13(12-19-11-5-10-17(19)20)18-16-9-4-7-14-6-2-3-8-15(14)16/h2-3,6,8,13,16,18H,4-5,7,9-12H2,1H3. The molecule has 3 nitrogen and oxygen atoms in total. The summed E-state index contributed by atoms with van der Waals surface area (Å²) < 4.78 is 0. The lowest BCUT2D eigenvalue weighted by molar-refractivity contribution is -0.128. The van der Waals surface area contributed by atoms with Crippen LogP contribution in [0.1, 0.15) is 49.8 Å². The minimum Gasteiger partial charge on any atom is -0.341 e. The molecule has 2 atom stereocenters. The monoisotopic (exact) mass is 272 g/mol. The Kier molecular flexibility index (Phi) is 4.06. The minimum absolute atomic E-state index is 0.322. The average molecular weight is 272 g/mol. The Bertz CT molecular complexity index is 486. The van der Waals surface area contributed by atoms with Crippen LogP contribution in [0.25, 0.3) is 0 Å². The number of hydrogen-bond donors (Lipinski definition) is 1. The van der Waals surface area contributed by atoms with Gasteiger partial charge in [0.05, 0.1) is 0 Å². The van der Waals surface area contributed by atoms with Crippen LogP contribution in [0.5, 0.6) is 0 Å². The predicted molar refractivity (Wildman–Crippen MR) is 80.5 cm³/mol. The van der Waals surface area contributed by atoms with Gasteiger partial charge in [-0.3, -0.25) is 4.79 Å². The van der Waals surface area contributed by atoms with Crippen molar-refractivity contribution in [2.75, 3.05) is 13.1 Å². The van der Waals surface area contributed by atoms with E-state index < -0.39 is 0 Å². The summed E-state index contributed by atoms with van der Waals surface area (Å²) in [7, 11) is 0. The van der Waals surface area contributed by atoms with E-state index >= 15 is 0 Å². The number of aryl methyl sites for hydroxylation is 1. The highest BCUT2D eigenvalue weighted by Crippen LogP contribution is 2.29. The summed E-state index contributed by atoms with van der Waals surface area (Å²) in [6, 6.07) is 9.57. The van der Waals surface area contributed by atoms with E-state index in [1.165, 1.54) is 30.4 Å². The average Bonchev–Trinajstić information content (AvgIpc) is 2.85. The van der Waals surface area contributed by atoms with Crippen LogP contribution < -0.4 is 5.32 Å². The molecule has 3 rings (SSSR count). The summed E-state index contributed by atoms with van der Waals surface area (Å²) in [4.78, 5) is 13.7. The number of carbonyl (C=O) groups is 1. The number of nitrogens with one attached hydrogen (secondary N) is 1. The maximum absolute atomic E-state index is 11.7. The lowest BCUT2D eigenvalue weighted by atomic mass is 9.87. The van der Waals surface area contributed by atoms with Crippen LogP contribution in [0, 0.1) is 0 Å². The maximum atomic E-state index is 11.7. The van der Waals surface area contributed by atoms with Gasteiger partial charge in [-0.25, -0.2) is 0 Å².